The van der Waals surface area contributed by atoms with E-state index >= 15 is 0 Å². The van der Waals surface area contributed by atoms with Crippen molar-refractivity contribution in [3.8, 4) is 0 Å². The third kappa shape index (κ3) is 2.55. The molecule has 0 unspecified atom stereocenters. The number of aromatic nitrogens is 3. The van der Waals surface area contributed by atoms with Crippen LogP contribution in [0.2, 0.25) is 5.02 Å². The van der Waals surface area contributed by atoms with Crippen LogP contribution in [0, 0.1) is 0 Å². The monoisotopic (exact) mass is 318 g/mol. The molecule has 0 radical (unpaired) electrons. The number of halogens is 1. The summed E-state index contributed by atoms with van der Waals surface area (Å²) in [4.78, 5) is 12.6. The molecule has 106 valence electrons. The van der Waals surface area contributed by atoms with Crippen LogP contribution in [0.1, 0.15) is 11.1 Å². The van der Waals surface area contributed by atoms with Crippen molar-refractivity contribution in [3.63, 3.8) is 0 Å². The molecule has 0 atom stereocenters. The molecular weight excluding hydrogens is 308 g/mol. The SMILES string of the molecule is NC(=S)c1ccc(Cn2ccn3nccc3c2=O)c(Cl)c1. The first-order valence-corrected chi connectivity index (χ1v) is 6.96. The molecule has 0 aliphatic carbocycles. The van der Waals surface area contributed by atoms with E-state index in [0.717, 1.165) is 5.56 Å². The molecule has 1 aromatic carbocycles. The second-order valence-electron chi connectivity index (χ2n) is 4.56. The molecule has 21 heavy (non-hydrogen) atoms. The van der Waals surface area contributed by atoms with Crippen LogP contribution in [-0.4, -0.2) is 19.2 Å². The normalized spacial score (nSPS) is 10.9. The maximum absolute atomic E-state index is 12.3. The average molecular weight is 319 g/mol. The van der Waals surface area contributed by atoms with E-state index in [1.54, 1.807) is 41.4 Å². The lowest BCUT2D eigenvalue weighted by molar-refractivity contribution is 0.743. The van der Waals surface area contributed by atoms with Crippen LogP contribution in [0.5, 0.6) is 0 Å². The highest BCUT2D eigenvalue weighted by Gasteiger charge is 2.08. The van der Waals surface area contributed by atoms with Gasteiger partial charge in [0.05, 0.1) is 12.7 Å². The van der Waals surface area contributed by atoms with Gasteiger partial charge in [0, 0.05) is 23.0 Å². The molecule has 2 aromatic heterocycles. The summed E-state index contributed by atoms with van der Waals surface area (Å²) in [7, 11) is 0. The largest absolute Gasteiger partial charge is 0.389 e. The maximum atomic E-state index is 12.3. The van der Waals surface area contributed by atoms with Gasteiger partial charge < -0.3 is 10.3 Å². The van der Waals surface area contributed by atoms with Crippen LogP contribution in [0.25, 0.3) is 5.52 Å². The van der Waals surface area contributed by atoms with Crippen LogP contribution < -0.4 is 11.3 Å². The number of fused-ring (bicyclic) bond motifs is 1. The van der Waals surface area contributed by atoms with Gasteiger partial charge in [-0.2, -0.15) is 5.10 Å². The molecule has 7 heteroatoms. The number of thiocarbonyl (C=S) groups is 1. The Balaban J connectivity index is 2.00. The summed E-state index contributed by atoms with van der Waals surface area (Å²) in [5, 5.41) is 4.55. The lowest BCUT2D eigenvalue weighted by Gasteiger charge is -2.09. The quantitative estimate of drug-likeness (QED) is 0.748. The molecule has 2 heterocycles. The van der Waals surface area contributed by atoms with Gasteiger partial charge in [-0.15, -0.1) is 0 Å². The van der Waals surface area contributed by atoms with Gasteiger partial charge in [0.2, 0.25) is 0 Å². The van der Waals surface area contributed by atoms with Gasteiger partial charge in [0.15, 0.2) is 0 Å². The first-order valence-electron chi connectivity index (χ1n) is 6.17. The molecule has 0 aliphatic heterocycles. The highest BCUT2D eigenvalue weighted by molar-refractivity contribution is 7.80. The predicted molar refractivity (Wildman–Crippen MR) is 85.9 cm³/mol. The topological polar surface area (TPSA) is 65.3 Å². The average Bonchev–Trinajstić information content (AvgIpc) is 2.93. The molecular formula is C14H11ClN4OS. The Bertz CT molecular complexity index is 899. The van der Waals surface area contributed by atoms with Gasteiger partial charge in [-0.3, -0.25) is 4.79 Å². The molecule has 0 saturated carbocycles. The number of hydrogen-bond donors (Lipinski definition) is 1. The van der Waals surface area contributed by atoms with E-state index in [9.17, 15) is 4.79 Å². The van der Waals surface area contributed by atoms with Crippen molar-refractivity contribution in [1.29, 1.82) is 0 Å². The Hall–Kier alpha value is -2.18. The Morgan fingerprint density at radius 3 is 2.86 bits per heavy atom. The van der Waals surface area contributed by atoms with Crippen LogP contribution in [0.3, 0.4) is 0 Å². The fourth-order valence-electron chi connectivity index (χ4n) is 2.10. The first kappa shape index (κ1) is 13.8. The highest BCUT2D eigenvalue weighted by atomic mass is 35.5. The standard InChI is InChI=1S/C14H11ClN4OS/c15-11-7-9(13(16)21)1-2-10(11)8-18-5-6-19-12(14(18)20)3-4-17-19/h1-7H,8H2,(H2,16,21). The van der Waals surface area contributed by atoms with E-state index in [4.69, 9.17) is 29.6 Å². The van der Waals surface area contributed by atoms with Gasteiger partial charge >= 0.3 is 0 Å². The van der Waals surface area contributed by atoms with Crippen molar-refractivity contribution in [3.05, 3.63) is 69.4 Å². The van der Waals surface area contributed by atoms with Gasteiger partial charge in [0.25, 0.3) is 5.56 Å². The van der Waals surface area contributed by atoms with E-state index in [-0.39, 0.29) is 5.56 Å². The Labute approximate surface area is 130 Å². The van der Waals surface area contributed by atoms with E-state index in [2.05, 4.69) is 5.10 Å². The number of hydrogen-bond acceptors (Lipinski definition) is 3. The van der Waals surface area contributed by atoms with Crippen molar-refractivity contribution >= 4 is 34.3 Å². The number of nitrogens with two attached hydrogens (primary N) is 1. The third-order valence-corrected chi connectivity index (χ3v) is 3.80. The minimum absolute atomic E-state index is 0.121. The zero-order valence-electron chi connectivity index (χ0n) is 10.9. The second-order valence-corrected chi connectivity index (χ2v) is 5.41. The van der Waals surface area contributed by atoms with E-state index < -0.39 is 0 Å². The molecule has 0 spiro atoms. The van der Waals surface area contributed by atoms with Crippen LogP contribution in [0.15, 0.2) is 47.7 Å². The van der Waals surface area contributed by atoms with Gasteiger partial charge in [-0.25, -0.2) is 4.52 Å². The molecule has 0 aliphatic rings. The summed E-state index contributed by atoms with van der Waals surface area (Å²) in [6, 6.07) is 7.01. The van der Waals surface area contributed by atoms with Crippen LogP contribution in [-0.2, 0) is 6.54 Å². The smallest absolute Gasteiger partial charge is 0.276 e. The lowest BCUT2D eigenvalue weighted by atomic mass is 10.1. The van der Waals surface area contributed by atoms with Crippen molar-refractivity contribution in [2.75, 3.05) is 0 Å². The number of rotatable bonds is 3. The molecule has 0 bridgehead atoms. The molecule has 3 aromatic rings. The van der Waals surface area contributed by atoms with E-state index in [1.165, 1.54) is 4.52 Å². The summed E-state index contributed by atoms with van der Waals surface area (Å²) in [6.45, 7) is 0.372. The zero-order valence-corrected chi connectivity index (χ0v) is 12.4. The second kappa shape index (κ2) is 5.31. The summed E-state index contributed by atoms with van der Waals surface area (Å²) >= 11 is 11.1. The lowest BCUT2D eigenvalue weighted by Crippen LogP contribution is -2.22. The summed E-state index contributed by atoms with van der Waals surface area (Å²) in [5.41, 5.74) is 7.50. The first-order chi connectivity index (χ1) is 10.1. The Morgan fingerprint density at radius 1 is 1.33 bits per heavy atom. The molecule has 0 fully saturated rings. The molecule has 0 amide bonds. The van der Waals surface area contributed by atoms with Gasteiger partial charge in [-0.1, -0.05) is 36.0 Å². The fraction of sp³-hybridized carbons (Fsp3) is 0.0714. The Kier molecular flexibility index (Phi) is 3.48. The molecule has 3 rings (SSSR count). The van der Waals surface area contributed by atoms with Crippen molar-refractivity contribution < 1.29 is 0 Å². The molecule has 2 N–H and O–H groups in total. The zero-order chi connectivity index (χ0) is 15.0. The summed E-state index contributed by atoms with van der Waals surface area (Å²) < 4.78 is 3.12. The minimum atomic E-state index is -0.121. The van der Waals surface area contributed by atoms with Crippen molar-refractivity contribution in [2.24, 2.45) is 5.73 Å². The Morgan fingerprint density at radius 2 is 2.14 bits per heavy atom. The fourth-order valence-corrected chi connectivity index (χ4v) is 2.46. The number of benzene rings is 1. The van der Waals surface area contributed by atoms with Crippen LogP contribution in [0.4, 0.5) is 0 Å². The van der Waals surface area contributed by atoms with E-state index in [1.807, 2.05) is 6.07 Å². The molecule has 5 nitrogen and oxygen atoms in total. The third-order valence-electron chi connectivity index (χ3n) is 3.22. The number of nitrogens with zero attached hydrogens (tertiary/aromatic N) is 3. The maximum Gasteiger partial charge on any atom is 0.276 e. The summed E-state index contributed by atoms with van der Waals surface area (Å²) in [6.07, 6.45) is 5.00. The van der Waals surface area contributed by atoms with E-state index in [0.29, 0.717) is 27.6 Å². The van der Waals surface area contributed by atoms with Crippen molar-refractivity contribution in [2.45, 2.75) is 6.54 Å². The van der Waals surface area contributed by atoms with Gasteiger partial charge in [-0.05, 0) is 17.7 Å². The predicted octanol–water partition coefficient (Wildman–Crippen LogP) is 1.83. The molecule has 0 saturated heterocycles. The van der Waals surface area contributed by atoms with Crippen LogP contribution >= 0.6 is 23.8 Å². The minimum Gasteiger partial charge on any atom is -0.389 e. The van der Waals surface area contributed by atoms with Crippen molar-refractivity contribution in [1.82, 2.24) is 14.2 Å². The van der Waals surface area contributed by atoms with Gasteiger partial charge in [0.1, 0.15) is 10.5 Å². The highest BCUT2D eigenvalue weighted by Crippen LogP contribution is 2.18. The summed E-state index contributed by atoms with van der Waals surface area (Å²) in [5.74, 6) is 0.